The summed E-state index contributed by atoms with van der Waals surface area (Å²) in [7, 11) is 0. The summed E-state index contributed by atoms with van der Waals surface area (Å²) < 4.78 is 13.8. The van der Waals surface area contributed by atoms with Gasteiger partial charge in [-0.15, -0.1) is 0 Å². The molecule has 0 aliphatic carbocycles. The van der Waals surface area contributed by atoms with Gasteiger partial charge in [-0.1, -0.05) is 30.3 Å². The van der Waals surface area contributed by atoms with Gasteiger partial charge in [-0.3, -0.25) is 4.79 Å². The highest BCUT2D eigenvalue weighted by molar-refractivity contribution is 14.1. The van der Waals surface area contributed by atoms with Crippen LogP contribution in [0.3, 0.4) is 0 Å². The van der Waals surface area contributed by atoms with Crippen LogP contribution in [0.25, 0.3) is 0 Å². The first-order chi connectivity index (χ1) is 10.1. The first kappa shape index (κ1) is 15.9. The Morgan fingerprint density at radius 3 is 2.52 bits per heavy atom. The molecule has 2 aromatic carbocycles. The number of rotatable bonds is 5. The third-order valence-corrected chi connectivity index (χ3v) is 3.96. The van der Waals surface area contributed by atoms with Crippen molar-refractivity contribution < 1.29 is 9.18 Å². The van der Waals surface area contributed by atoms with Crippen molar-refractivity contribution in [3.8, 4) is 0 Å². The first-order valence-electron chi connectivity index (χ1n) is 6.60. The molecule has 0 spiro atoms. The molecule has 0 aliphatic heterocycles. The summed E-state index contributed by atoms with van der Waals surface area (Å²) in [4.78, 5) is 14.3. The Labute approximate surface area is 137 Å². The number of nitrogens with zero attached hydrogens (tertiary/aromatic N) is 1. The van der Waals surface area contributed by atoms with Crippen LogP contribution in [0.15, 0.2) is 48.5 Å². The predicted molar refractivity (Wildman–Crippen MR) is 89.4 cm³/mol. The number of benzene rings is 2. The number of hydrogen-bond acceptors (Lipinski definition) is 2. The second-order valence-corrected chi connectivity index (χ2v) is 5.79. The average molecular weight is 398 g/mol. The number of amides is 1. The van der Waals surface area contributed by atoms with Crippen LogP contribution >= 0.6 is 22.6 Å². The van der Waals surface area contributed by atoms with Crippen LogP contribution in [0.4, 0.5) is 4.39 Å². The highest BCUT2D eigenvalue weighted by Gasteiger charge is 2.18. The lowest BCUT2D eigenvalue weighted by Crippen LogP contribution is -2.35. The number of halogens is 2. The molecule has 0 bridgehead atoms. The molecule has 0 saturated heterocycles. The summed E-state index contributed by atoms with van der Waals surface area (Å²) in [6.45, 7) is 1.34. The second kappa shape index (κ2) is 7.51. The molecule has 2 N–H and O–H groups in total. The first-order valence-corrected chi connectivity index (χ1v) is 7.68. The van der Waals surface area contributed by atoms with Crippen molar-refractivity contribution in [2.45, 2.75) is 6.54 Å². The molecule has 2 rings (SSSR count). The lowest BCUT2D eigenvalue weighted by molar-refractivity contribution is 0.0747. The van der Waals surface area contributed by atoms with Crippen LogP contribution in [-0.4, -0.2) is 23.9 Å². The van der Waals surface area contributed by atoms with Crippen LogP contribution in [0.2, 0.25) is 0 Å². The van der Waals surface area contributed by atoms with E-state index < -0.39 is 0 Å². The Balaban J connectivity index is 2.23. The Morgan fingerprint density at radius 2 is 1.90 bits per heavy atom. The monoisotopic (exact) mass is 398 g/mol. The van der Waals surface area contributed by atoms with Gasteiger partial charge in [0.05, 0.1) is 5.56 Å². The molecular formula is C16H16FIN2O. The molecule has 0 aromatic heterocycles. The number of carbonyl (C=O) groups is 1. The minimum atomic E-state index is -0.343. The maximum atomic E-state index is 13.2. The highest BCUT2D eigenvalue weighted by atomic mass is 127. The molecule has 1 amide bonds. The van der Waals surface area contributed by atoms with Gasteiger partial charge >= 0.3 is 0 Å². The third kappa shape index (κ3) is 4.25. The van der Waals surface area contributed by atoms with Crippen LogP contribution in [0.5, 0.6) is 0 Å². The summed E-state index contributed by atoms with van der Waals surface area (Å²) in [5, 5.41) is 0. The van der Waals surface area contributed by atoms with Gasteiger partial charge in [0.1, 0.15) is 5.82 Å². The van der Waals surface area contributed by atoms with Gasteiger partial charge < -0.3 is 10.6 Å². The van der Waals surface area contributed by atoms with E-state index in [9.17, 15) is 9.18 Å². The number of nitrogens with two attached hydrogens (primary N) is 1. The van der Waals surface area contributed by atoms with E-state index in [2.05, 4.69) is 0 Å². The van der Waals surface area contributed by atoms with Gasteiger partial charge in [0.2, 0.25) is 0 Å². The third-order valence-electron chi connectivity index (χ3n) is 3.06. The Kier molecular flexibility index (Phi) is 5.69. The molecule has 5 heteroatoms. The lowest BCUT2D eigenvalue weighted by atomic mass is 10.1. The van der Waals surface area contributed by atoms with E-state index in [1.807, 2.05) is 52.9 Å². The Hall–Kier alpha value is -1.47. The largest absolute Gasteiger partial charge is 0.333 e. The summed E-state index contributed by atoms with van der Waals surface area (Å²) in [5.74, 6) is -0.474. The van der Waals surface area contributed by atoms with E-state index in [1.54, 1.807) is 4.90 Å². The summed E-state index contributed by atoms with van der Waals surface area (Å²) >= 11 is 1.98. The van der Waals surface area contributed by atoms with Crippen molar-refractivity contribution in [2.24, 2.45) is 5.73 Å². The van der Waals surface area contributed by atoms with Crippen molar-refractivity contribution >= 4 is 28.5 Å². The van der Waals surface area contributed by atoms with E-state index in [1.165, 1.54) is 18.2 Å². The van der Waals surface area contributed by atoms with Gasteiger partial charge in [0.25, 0.3) is 5.91 Å². The minimum Gasteiger partial charge on any atom is -0.333 e. The van der Waals surface area contributed by atoms with Crippen molar-refractivity contribution in [1.82, 2.24) is 4.90 Å². The molecule has 0 heterocycles. The van der Waals surface area contributed by atoms with Crippen LogP contribution in [0, 0.1) is 9.39 Å². The van der Waals surface area contributed by atoms with Gasteiger partial charge in [-0.05, 0) is 46.4 Å². The van der Waals surface area contributed by atoms with Gasteiger partial charge in [-0.25, -0.2) is 4.39 Å². The summed E-state index contributed by atoms with van der Waals surface area (Å²) in [5.41, 5.74) is 7.14. The fraction of sp³-hybridized carbons (Fsp3) is 0.188. The zero-order chi connectivity index (χ0) is 15.2. The van der Waals surface area contributed by atoms with Crippen LogP contribution in [0.1, 0.15) is 15.9 Å². The molecule has 0 atom stereocenters. The molecule has 0 fully saturated rings. The van der Waals surface area contributed by atoms with E-state index in [0.29, 0.717) is 28.8 Å². The predicted octanol–water partition coefficient (Wildman–Crippen LogP) is 3.03. The van der Waals surface area contributed by atoms with E-state index in [0.717, 1.165) is 5.56 Å². The van der Waals surface area contributed by atoms with Crippen molar-refractivity contribution in [3.05, 3.63) is 69.0 Å². The molecule has 110 valence electrons. The maximum absolute atomic E-state index is 13.2. The fourth-order valence-corrected chi connectivity index (χ4v) is 2.75. The Morgan fingerprint density at radius 1 is 1.19 bits per heavy atom. The lowest BCUT2D eigenvalue weighted by Gasteiger charge is -2.23. The minimum absolute atomic E-state index is 0.131. The standard InChI is InChI=1S/C16H16FIN2O/c17-13-6-7-14(15(18)10-13)16(21)20(9-8-19)11-12-4-2-1-3-5-12/h1-7,10H,8-9,11,19H2. The second-order valence-electron chi connectivity index (χ2n) is 4.63. The quantitative estimate of drug-likeness (QED) is 0.788. The molecule has 0 radical (unpaired) electrons. The average Bonchev–Trinajstić information content (AvgIpc) is 2.47. The van der Waals surface area contributed by atoms with Crippen LogP contribution in [-0.2, 0) is 6.54 Å². The molecule has 0 unspecified atom stereocenters. The maximum Gasteiger partial charge on any atom is 0.255 e. The molecule has 0 saturated carbocycles. The van der Waals surface area contributed by atoms with Crippen molar-refractivity contribution in [1.29, 1.82) is 0 Å². The van der Waals surface area contributed by atoms with E-state index in [-0.39, 0.29) is 11.7 Å². The molecule has 3 nitrogen and oxygen atoms in total. The number of hydrogen-bond donors (Lipinski definition) is 1. The summed E-state index contributed by atoms with van der Waals surface area (Å²) in [6.07, 6.45) is 0. The fourth-order valence-electron chi connectivity index (χ4n) is 2.05. The normalized spacial score (nSPS) is 10.4. The zero-order valence-electron chi connectivity index (χ0n) is 11.4. The number of carbonyl (C=O) groups excluding carboxylic acids is 1. The highest BCUT2D eigenvalue weighted by Crippen LogP contribution is 2.17. The zero-order valence-corrected chi connectivity index (χ0v) is 13.6. The summed E-state index contributed by atoms with van der Waals surface area (Å²) in [6, 6.07) is 13.9. The molecule has 2 aromatic rings. The topological polar surface area (TPSA) is 46.3 Å². The van der Waals surface area contributed by atoms with Gasteiger partial charge in [-0.2, -0.15) is 0 Å². The molecular weight excluding hydrogens is 382 g/mol. The van der Waals surface area contributed by atoms with E-state index in [4.69, 9.17) is 5.73 Å². The molecule has 0 aliphatic rings. The van der Waals surface area contributed by atoms with Gasteiger partial charge in [0.15, 0.2) is 0 Å². The Bertz CT molecular complexity index is 619. The SMILES string of the molecule is NCCN(Cc1ccccc1)C(=O)c1ccc(F)cc1I. The van der Waals surface area contributed by atoms with Crippen molar-refractivity contribution in [2.75, 3.05) is 13.1 Å². The van der Waals surface area contributed by atoms with Crippen molar-refractivity contribution in [3.63, 3.8) is 0 Å². The smallest absolute Gasteiger partial charge is 0.255 e. The molecule has 21 heavy (non-hydrogen) atoms. The van der Waals surface area contributed by atoms with Gasteiger partial charge in [0, 0.05) is 23.2 Å². The van der Waals surface area contributed by atoms with Crippen LogP contribution < -0.4 is 5.73 Å². The van der Waals surface area contributed by atoms with E-state index >= 15 is 0 Å².